The Kier molecular flexibility index (Phi) is 8.63. The summed E-state index contributed by atoms with van der Waals surface area (Å²) in [6, 6.07) is 29.7. The van der Waals surface area contributed by atoms with Crippen molar-refractivity contribution in [3.8, 4) is 34.0 Å². The second kappa shape index (κ2) is 12.9. The van der Waals surface area contributed by atoms with Gasteiger partial charge in [0, 0.05) is 23.6 Å². The summed E-state index contributed by atoms with van der Waals surface area (Å²) < 4.78 is 7.50. The fraction of sp³-hybridized carbons (Fsp3) is 0.129. The summed E-state index contributed by atoms with van der Waals surface area (Å²) in [7, 11) is 0. The zero-order chi connectivity index (χ0) is 27.7. The molecule has 0 unspecified atom stereocenters. The van der Waals surface area contributed by atoms with Crippen molar-refractivity contribution in [3.05, 3.63) is 109 Å². The van der Waals surface area contributed by atoms with E-state index in [1.807, 2.05) is 85.1 Å². The Hall–Kier alpha value is -4.76. The maximum absolute atomic E-state index is 12.7. The number of ether oxygens (including phenoxy) is 1. The minimum Gasteiger partial charge on any atom is -0.494 e. The first kappa shape index (κ1) is 26.8. The van der Waals surface area contributed by atoms with E-state index in [0.29, 0.717) is 17.6 Å². The normalized spacial score (nSPS) is 11.3. The molecule has 1 N–H and O–H groups in total. The van der Waals surface area contributed by atoms with Crippen molar-refractivity contribution in [2.45, 2.75) is 19.0 Å². The van der Waals surface area contributed by atoms with Crippen LogP contribution in [0.2, 0.25) is 0 Å². The summed E-state index contributed by atoms with van der Waals surface area (Å²) in [6.07, 6.45) is 3.45. The first-order valence-corrected chi connectivity index (χ1v) is 13.8. The number of hydrogen-bond donors (Lipinski definition) is 1. The average molecular weight is 549 g/mol. The molecule has 0 saturated heterocycles. The fourth-order valence-corrected chi connectivity index (χ4v) is 4.79. The molecule has 2 heterocycles. The van der Waals surface area contributed by atoms with Crippen molar-refractivity contribution in [3.63, 3.8) is 0 Å². The second-order valence-corrected chi connectivity index (χ2v) is 9.72. The van der Waals surface area contributed by atoms with Gasteiger partial charge in [0.2, 0.25) is 0 Å². The molecule has 0 bridgehead atoms. The third-order valence-corrected chi connectivity index (χ3v) is 6.98. The highest BCUT2D eigenvalue weighted by Gasteiger charge is 2.17. The number of benzene rings is 3. The molecule has 0 aliphatic rings. The Bertz CT molecular complexity index is 1590. The first-order chi connectivity index (χ1) is 19.6. The Labute approximate surface area is 237 Å². The van der Waals surface area contributed by atoms with Crippen LogP contribution >= 0.6 is 11.8 Å². The standard InChI is InChI=1S/C31H28N6O2S/c1-3-39-28-17-15-27(16-18-28)37-30(26-10-7-19-32-20-26)35-36-31(37)40-21-29(38)34-33-22(2)23-11-13-25(14-12-23)24-8-5-4-6-9-24/h4-20H,3,21H2,1-2H3,(H,34,38)/b33-22+. The van der Waals surface area contributed by atoms with Gasteiger partial charge in [-0.3, -0.25) is 14.3 Å². The molecule has 0 radical (unpaired) electrons. The molecule has 0 fully saturated rings. The summed E-state index contributed by atoms with van der Waals surface area (Å²) in [5.74, 6) is 1.28. The van der Waals surface area contributed by atoms with E-state index in [9.17, 15) is 4.79 Å². The number of nitrogens with one attached hydrogen (secondary N) is 1. The van der Waals surface area contributed by atoms with Crippen molar-refractivity contribution >= 4 is 23.4 Å². The molecule has 2 aromatic heterocycles. The molecular formula is C31H28N6O2S. The lowest BCUT2D eigenvalue weighted by atomic mass is 10.0. The average Bonchev–Trinajstić information content (AvgIpc) is 3.44. The van der Waals surface area contributed by atoms with Crippen LogP contribution in [0.3, 0.4) is 0 Å². The fourth-order valence-electron chi connectivity index (χ4n) is 4.04. The number of carbonyl (C=O) groups excluding carboxylic acids is 1. The molecule has 5 rings (SSSR count). The van der Waals surface area contributed by atoms with Gasteiger partial charge in [0.05, 0.1) is 18.1 Å². The van der Waals surface area contributed by atoms with Crippen molar-refractivity contribution in [1.29, 1.82) is 0 Å². The Balaban J connectivity index is 1.28. The van der Waals surface area contributed by atoms with Gasteiger partial charge in [-0.15, -0.1) is 10.2 Å². The topological polar surface area (TPSA) is 94.3 Å². The monoisotopic (exact) mass is 548 g/mol. The molecule has 0 aliphatic carbocycles. The van der Waals surface area contributed by atoms with Gasteiger partial charge in [0.1, 0.15) is 5.75 Å². The van der Waals surface area contributed by atoms with Crippen molar-refractivity contribution < 1.29 is 9.53 Å². The minimum atomic E-state index is -0.241. The van der Waals surface area contributed by atoms with Crippen LogP contribution < -0.4 is 10.2 Å². The van der Waals surface area contributed by atoms with E-state index < -0.39 is 0 Å². The molecule has 9 heteroatoms. The van der Waals surface area contributed by atoms with E-state index in [-0.39, 0.29) is 11.7 Å². The SMILES string of the molecule is CCOc1ccc(-n2c(SCC(=O)N/N=C(\C)c3ccc(-c4ccccc4)cc3)nnc2-c2cccnc2)cc1. The van der Waals surface area contributed by atoms with Crippen LogP contribution in [0.4, 0.5) is 0 Å². The maximum atomic E-state index is 12.7. The van der Waals surface area contributed by atoms with E-state index in [2.05, 4.69) is 50.0 Å². The molecular weight excluding hydrogens is 520 g/mol. The van der Waals surface area contributed by atoms with E-state index in [4.69, 9.17) is 4.74 Å². The summed E-state index contributed by atoms with van der Waals surface area (Å²) in [6.45, 7) is 4.40. The van der Waals surface area contributed by atoms with Crippen LogP contribution in [0, 0.1) is 0 Å². The van der Waals surface area contributed by atoms with Gasteiger partial charge in [-0.05, 0) is 66.9 Å². The minimum absolute atomic E-state index is 0.117. The molecule has 3 aromatic carbocycles. The molecule has 0 atom stereocenters. The van der Waals surface area contributed by atoms with Gasteiger partial charge in [0.15, 0.2) is 11.0 Å². The van der Waals surface area contributed by atoms with Gasteiger partial charge in [0.25, 0.3) is 5.91 Å². The third kappa shape index (κ3) is 6.44. The first-order valence-electron chi connectivity index (χ1n) is 12.8. The number of hydrogen-bond acceptors (Lipinski definition) is 7. The number of carbonyl (C=O) groups is 1. The number of hydrazone groups is 1. The lowest BCUT2D eigenvalue weighted by Gasteiger charge is -2.11. The second-order valence-electron chi connectivity index (χ2n) is 8.77. The van der Waals surface area contributed by atoms with Crippen LogP contribution in [0.25, 0.3) is 28.2 Å². The summed E-state index contributed by atoms with van der Waals surface area (Å²) >= 11 is 1.28. The summed E-state index contributed by atoms with van der Waals surface area (Å²) in [5, 5.41) is 13.7. The van der Waals surface area contributed by atoms with Gasteiger partial charge < -0.3 is 4.74 Å². The Morgan fingerprint density at radius 3 is 2.33 bits per heavy atom. The lowest BCUT2D eigenvalue weighted by Crippen LogP contribution is -2.21. The molecule has 0 aliphatic heterocycles. The number of aromatic nitrogens is 4. The number of amides is 1. The summed E-state index contributed by atoms with van der Waals surface area (Å²) in [5.41, 5.74) is 8.26. The largest absolute Gasteiger partial charge is 0.494 e. The van der Waals surface area contributed by atoms with Crippen molar-refractivity contribution in [1.82, 2.24) is 25.2 Å². The third-order valence-electron chi connectivity index (χ3n) is 6.05. The van der Waals surface area contributed by atoms with E-state index >= 15 is 0 Å². The molecule has 5 aromatic rings. The number of thioether (sulfide) groups is 1. The molecule has 0 spiro atoms. The highest BCUT2D eigenvalue weighted by molar-refractivity contribution is 7.99. The molecule has 1 amide bonds. The van der Waals surface area contributed by atoms with Crippen LogP contribution in [-0.2, 0) is 4.79 Å². The van der Waals surface area contributed by atoms with Gasteiger partial charge in [-0.25, -0.2) is 5.43 Å². The predicted molar refractivity (Wildman–Crippen MR) is 159 cm³/mol. The van der Waals surface area contributed by atoms with Crippen LogP contribution in [0.1, 0.15) is 19.4 Å². The van der Waals surface area contributed by atoms with Gasteiger partial charge >= 0.3 is 0 Å². The van der Waals surface area contributed by atoms with Crippen LogP contribution in [0.5, 0.6) is 5.75 Å². The zero-order valence-electron chi connectivity index (χ0n) is 22.2. The number of pyridine rings is 1. The lowest BCUT2D eigenvalue weighted by molar-refractivity contribution is -0.118. The number of nitrogens with zero attached hydrogens (tertiary/aromatic N) is 5. The Morgan fingerprint density at radius 1 is 0.900 bits per heavy atom. The maximum Gasteiger partial charge on any atom is 0.250 e. The quantitative estimate of drug-likeness (QED) is 0.130. The molecule has 0 saturated carbocycles. The molecule has 40 heavy (non-hydrogen) atoms. The van der Waals surface area contributed by atoms with E-state index in [0.717, 1.165) is 39.4 Å². The van der Waals surface area contributed by atoms with Gasteiger partial charge in [-0.1, -0.05) is 66.4 Å². The van der Waals surface area contributed by atoms with E-state index in [1.54, 1.807) is 12.4 Å². The van der Waals surface area contributed by atoms with E-state index in [1.165, 1.54) is 11.8 Å². The highest BCUT2D eigenvalue weighted by atomic mass is 32.2. The Morgan fingerprint density at radius 2 is 1.62 bits per heavy atom. The predicted octanol–water partition coefficient (Wildman–Crippen LogP) is 6.03. The van der Waals surface area contributed by atoms with Gasteiger partial charge in [-0.2, -0.15) is 5.10 Å². The zero-order valence-corrected chi connectivity index (χ0v) is 23.0. The van der Waals surface area contributed by atoms with Crippen LogP contribution in [0.15, 0.2) is 114 Å². The van der Waals surface area contributed by atoms with Crippen molar-refractivity contribution in [2.24, 2.45) is 5.10 Å². The molecule has 200 valence electrons. The number of rotatable bonds is 10. The van der Waals surface area contributed by atoms with Crippen LogP contribution in [-0.4, -0.2) is 43.7 Å². The smallest absolute Gasteiger partial charge is 0.250 e. The summed E-state index contributed by atoms with van der Waals surface area (Å²) in [4.78, 5) is 16.9. The molecule has 8 nitrogen and oxygen atoms in total. The highest BCUT2D eigenvalue weighted by Crippen LogP contribution is 2.28. The van der Waals surface area contributed by atoms with Crippen molar-refractivity contribution in [2.75, 3.05) is 12.4 Å².